The minimum atomic E-state index is -4.48. The third-order valence-electron chi connectivity index (χ3n) is 4.09. The van der Waals surface area contributed by atoms with E-state index in [0.29, 0.717) is 17.8 Å². The lowest BCUT2D eigenvalue weighted by atomic mass is 10.2. The lowest BCUT2D eigenvalue weighted by molar-refractivity contribution is -0.137. The Balaban J connectivity index is 1.80. The standard InChI is InChI=1S/C19H15F5N4O2/c1-2-15-16(17(29)25-12-5-3-11(4-6-12)19(22,23)24)26-27-28(15)13-7-9-14(10-8-13)30-18(20)21/h3-10,18H,2H2,1H3,(H,25,29). The van der Waals surface area contributed by atoms with Crippen LogP contribution in [0.15, 0.2) is 48.5 Å². The summed E-state index contributed by atoms with van der Waals surface area (Å²) in [5.74, 6) is -0.678. The Labute approximate surface area is 167 Å². The van der Waals surface area contributed by atoms with Crippen LogP contribution in [0.3, 0.4) is 0 Å². The number of carbonyl (C=O) groups excluding carboxylic acids is 1. The Morgan fingerprint density at radius 2 is 1.73 bits per heavy atom. The maximum absolute atomic E-state index is 12.6. The van der Waals surface area contributed by atoms with Gasteiger partial charge in [-0.25, -0.2) is 4.68 Å². The molecule has 0 aliphatic heterocycles. The van der Waals surface area contributed by atoms with Crippen molar-refractivity contribution < 1.29 is 31.5 Å². The van der Waals surface area contributed by atoms with Crippen LogP contribution in [0.1, 0.15) is 28.7 Å². The summed E-state index contributed by atoms with van der Waals surface area (Å²) in [4.78, 5) is 12.5. The van der Waals surface area contributed by atoms with Crippen molar-refractivity contribution in [1.82, 2.24) is 15.0 Å². The highest BCUT2D eigenvalue weighted by atomic mass is 19.4. The van der Waals surface area contributed by atoms with E-state index in [2.05, 4.69) is 20.4 Å². The van der Waals surface area contributed by atoms with Crippen LogP contribution in [0.2, 0.25) is 0 Å². The Morgan fingerprint density at radius 3 is 2.27 bits per heavy atom. The summed E-state index contributed by atoms with van der Waals surface area (Å²) >= 11 is 0. The van der Waals surface area contributed by atoms with Crippen LogP contribution in [0.25, 0.3) is 5.69 Å². The number of alkyl halides is 5. The van der Waals surface area contributed by atoms with Crippen molar-refractivity contribution in [3.8, 4) is 11.4 Å². The highest BCUT2D eigenvalue weighted by Crippen LogP contribution is 2.30. The van der Waals surface area contributed by atoms with Gasteiger partial charge in [0.1, 0.15) is 5.75 Å². The van der Waals surface area contributed by atoms with Gasteiger partial charge in [0, 0.05) is 5.69 Å². The van der Waals surface area contributed by atoms with Gasteiger partial charge in [-0.15, -0.1) is 5.10 Å². The summed E-state index contributed by atoms with van der Waals surface area (Å²) in [5.41, 5.74) is 0.222. The molecule has 1 amide bonds. The summed E-state index contributed by atoms with van der Waals surface area (Å²) in [6.45, 7) is -1.19. The molecule has 0 unspecified atom stereocenters. The van der Waals surface area contributed by atoms with E-state index in [9.17, 15) is 26.7 Å². The molecule has 0 atom stereocenters. The number of nitrogens with zero attached hydrogens (tertiary/aromatic N) is 3. The van der Waals surface area contributed by atoms with Gasteiger partial charge >= 0.3 is 12.8 Å². The molecule has 1 heterocycles. The van der Waals surface area contributed by atoms with Crippen LogP contribution in [-0.2, 0) is 12.6 Å². The van der Waals surface area contributed by atoms with Gasteiger partial charge in [-0.2, -0.15) is 22.0 Å². The minimum absolute atomic E-state index is 0.00898. The van der Waals surface area contributed by atoms with Gasteiger partial charge in [0.15, 0.2) is 5.69 Å². The first-order valence-corrected chi connectivity index (χ1v) is 8.67. The fraction of sp³-hybridized carbons (Fsp3) is 0.211. The second kappa shape index (κ2) is 8.47. The van der Waals surface area contributed by atoms with Gasteiger partial charge in [-0.1, -0.05) is 12.1 Å². The molecule has 0 bridgehead atoms. The van der Waals surface area contributed by atoms with Crippen LogP contribution >= 0.6 is 0 Å². The number of carbonyl (C=O) groups is 1. The molecule has 1 N–H and O–H groups in total. The Kier molecular flexibility index (Phi) is 5.99. The Morgan fingerprint density at radius 1 is 1.10 bits per heavy atom. The van der Waals surface area contributed by atoms with Crippen LogP contribution < -0.4 is 10.1 Å². The maximum atomic E-state index is 12.6. The van der Waals surface area contributed by atoms with Crippen molar-refractivity contribution in [2.75, 3.05) is 5.32 Å². The van der Waals surface area contributed by atoms with Gasteiger partial charge in [0.25, 0.3) is 5.91 Å². The second-order valence-electron chi connectivity index (χ2n) is 6.05. The van der Waals surface area contributed by atoms with Crippen molar-refractivity contribution in [2.24, 2.45) is 0 Å². The largest absolute Gasteiger partial charge is 0.435 e. The lowest BCUT2D eigenvalue weighted by Crippen LogP contribution is -2.15. The molecule has 0 radical (unpaired) electrons. The number of aromatic nitrogens is 3. The molecule has 0 aliphatic rings. The molecule has 0 saturated carbocycles. The van der Waals surface area contributed by atoms with Gasteiger partial charge in [-0.05, 0) is 55.0 Å². The topological polar surface area (TPSA) is 69.0 Å². The molecule has 0 aliphatic carbocycles. The number of rotatable bonds is 6. The summed E-state index contributed by atoms with van der Waals surface area (Å²) in [6.07, 6.45) is -4.12. The number of halogens is 5. The normalized spacial score (nSPS) is 11.6. The highest BCUT2D eigenvalue weighted by molar-refractivity contribution is 6.03. The second-order valence-corrected chi connectivity index (χ2v) is 6.05. The first kappa shape index (κ1) is 21.2. The summed E-state index contributed by atoms with van der Waals surface area (Å²) in [7, 11) is 0. The van der Waals surface area contributed by atoms with E-state index in [1.807, 2.05) is 0 Å². The maximum Gasteiger partial charge on any atom is 0.416 e. The molecule has 158 valence electrons. The van der Waals surface area contributed by atoms with E-state index >= 15 is 0 Å². The molecule has 0 saturated heterocycles. The molecule has 2 aromatic carbocycles. The molecule has 3 rings (SSSR count). The van der Waals surface area contributed by atoms with Gasteiger partial charge < -0.3 is 10.1 Å². The van der Waals surface area contributed by atoms with Crippen LogP contribution in [0, 0.1) is 0 Å². The summed E-state index contributed by atoms with van der Waals surface area (Å²) in [6, 6.07) is 9.59. The number of anilines is 1. The van der Waals surface area contributed by atoms with Gasteiger partial charge in [-0.3, -0.25) is 4.79 Å². The third-order valence-corrected chi connectivity index (χ3v) is 4.09. The molecule has 1 aromatic heterocycles. The van der Waals surface area contributed by atoms with Gasteiger partial charge in [0.2, 0.25) is 0 Å². The van der Waals surface area contributed by atoms with Crippen molar-refractivity contribution in [3.63, 3.8) is 0 Å². The molecule has 0 spiro atoms. The highest BCUT2D eigenvalue weighted by Gasteiger charge is 2.30. The predicted molar refractivity (Wildman–Crippen MR) is 96.8 cm³/mol. The summed E-state index contributed by atoms with van der Waals surface area (Å²) < 4.78 is 68.1. The number of ether oxygens (including phenoxy) is 1. The first-order chi connectivity index (χ1) is 14.2. The number of amides is 1. The minimum Gasteiger partial charge on any atom is -0.435 e. The third kappa shape index (κ3) is 4.73. The van der Waals surface area contributed by atoms with Crippen molar-refractivity contribution in [2.45, 2.75) is 26.1 Å². The molecular formula is C19H15F5N4O2. The molecule has 0 fully saturated rings. The van der Waals surface area contributed by atoms with Gasteiger partial charge in [0.05, 0.1) is 16.9 Å². The number of hydrogen-bond acceptors (Lipinski definition) is 4. The zero-order valence-electron chi connectivity index (χ0n) is 15.5. The average molecular weight is 426 g/mol. The fourth-order valence-electron chi connectivity index (χ4n) is 2.70. The molecule has 6 nitrogen and oxygen atoms in total. The summed E-state index contributed by atoms with van der Waals surface area (Å²) in [5, 5.41) is 10.3. The smallest absolute Gasteiger partial charge is 0.416 e. The quantitative estimate of drug-likeness (QED) is 0.580. The predicted octanol–water partition coefficient (Wildman–Crippen LogP) is 4.70. The van der Waals surface area contributed by atoms with E-state index in [-0.39, 0.29) is 17.1 Å². The van der Waals surface area contributed by atoms with Crippen molar-refractivity contribution in [3.05, 3.63) is 65.5 Å². The Hall–Kier alpha value is -3.50. The molecular weight excluding hydrogens is 411 g/mol. The zero-order chi connectivity index (χ0) is 21.9. The van der Waals surface area contributed by atoms with E-state index in [0.717, 1.165) is 24.3 Å². The zero-order valence-corrected chi connectivity index (χ0v) is 15.5. The van der Waals surface area contributed by atoms with E-state index in [1.165, 1.54) is 28.9 Å². The SMILES string of the molecule is CCc1c(C(=O)Nc2ccc(C(F)(F)F)cc2)nnn1-c1ccc(OC(F)F)cc1. The van der Waals surface area contributed by atoms with Crippen LogP contribution in [0.4, 0.5) is 27.6 Å². The van der Waals surface area contributed by atoms with E-state index in [4.69, 9.17) is 0 Å². The van der Waals surface area contributed by atoms with Crippen LogP contribution in [-0.4, -0.2) is 27.5 Å². The fourth-order valence-corrected chi connectivity index (χ4v) is 2.70. The van der Waals surface area contributed by atoms with E-state index < -0.39 is 24.3 Å². The Bertz CT molecular complexity index is 1010. The van der Waals surface area contributed by atoms with E-state index in [1.54, 1.807) is 6.92 Å². The number of nitrogens with one attached hydrogen (secondary N) is 1. The monoisotopic (exact) mass is 426 g/mol. The van der Waals surface area contributed by atoms with Crippen LogP contribution in [0.5, 0.6) is 5.75 Å². The molecule has 3 aromatic rings. The molecule has 11 heteroatoms. The number of hydrogen-bond donors (Lipinski definition) is 1. The number of benzene rings is 2. The van der Waals surface area contributed by atoms with Crippen molar-refractivity contribution in [1.29, 1.82) is 0 Å². The first-order valence-electron chi connectivity index (χ1n) is 8.67. The lowest BCUT2D eigenvalue weighted by Gasteiger charge is -2.09. The average Bonchev–Trinajstić information content (AvgIpc) is 3.12. The molecule has 30 heavy (non-hydrogen) atoms. The van der Waals surface area contributed by atoms with Crippen molar-refractivity contribution >= 4 is 11.6 Å².